The predicted molar refractivity (Wildman–Crippen MR) is 114 cm³/mol. The molecule has 0 bridgehead atoms. The molecule has 2 aromatic rings. The first-order valence-electron chi connectivity index (χ1n) is 8.85. The fourth-order valence-electron chi connectivity index (χ4n) is 2.75. The normalized spacial score (nSPS) is 12.4. The van der Waals surface area contributed by atoms with Crippen LogP contribution in [0.15, 0.2) is 48.5 Å². The van der Waals surface area contributed by atoms with Gasteiger partial charge < -0.3 is 5.32 Å². The molecule has 0 saturated heterocycles. The minimum absolute atomic E-state index is 0.250. The van der Waals surface area contributed by atoms with Crippen molar-refractivity contribution in [2.75, 3.05) is 22.9 Å². The first-order chi connectivity index (χ1) is 13.2. The molecule has 0 heterocycles. The van der Waals surface area contributed by atoms with Gasteiger partial charge in [0.05, 0.1) is 11.9 Å². The van der Waals surface area contributed by atoms with Crippen molar-refractivity contribution in [3.05, 3.63) is 65.5 Å². The molecule has 2 rings (SSSR count). The molecule has 0 aromatic heterocycles. The summed E-state index contributed by atoms with van der Waals surface area (Å²) in [5.74, 6) is 0.692. The zero-order valence-electron chi connectivity index (χ0n) is 16.2. The maximum atomic E-state index is 13.1. The number of sulfonamides is 1. The minimum Gasteiger partial charge on any atom is -0.353 e. The number of nitrogens with one attached hydrogen (secondary N) is 1. The van der Waals surface area contributed by atoms with Crippen LogP contribution < -0.4 is 9.62 Å². The highest BCUT2D eigenvalue weighted by molar-refractivity contribution is 7.98. The molecule has 5 nitrogen and oxygen atoms in total. The number of amides is 1. The van der Waals surface area contributed by atoms with Crippen LogP contribution in [-0.4, -0.2) is 38.9 Å². The van der Waals surface area contributed by atoms with Gasteiger partial charge in [-0.3, -0.25) is 9.10 Å². The number of anilines is 1. The Morgan fingerprint density at radius 1 is 1.18 bits per heavy atom. The van der Waals surface area contributed by atoms with Crippen LogP contribution in [0.5, 0.6) is 0 Å². The van der Waals surface area contributed by atoms with Crippen molar-refractivity contribution in [1.29, 1.82) is 0 Å². The summed E-state index contributed by atoms with van der Waals surface area (Å²) in [7, 11) is -3.71. The monoisotopic (exact) mass is 424 g/mol. The van der Waals surface area contributed by atoms with Crippen LogP contribution in [0.25, 0.3) is 0 Å². The second-order valence-corrected chi connectivity index (χ2v) is 9.45. The second kappa shape index (κ2) is 9.93. The first-order valence-corrected chi connectivity index (χ1v) is 11.9. The van der Waals surface area contributed by atoms with Crippen LogP contribution >= 0.6 is 11.8 Å². The number of halogens is 1. The van der Waals surface area contributed by atoms with Crippen molar-refractivity contribution in [1.82, 2.24) is 5.32 Å². The van der Waals surface area contributed by atoms with Crippen molar-refractivity contribution in [3.63, 3.8) is 0 Å². The van der Waals surface area contributed by atoms with E-state index in [0.717, 1.165) is 16.3 Å². The topological polar surface area (TPSA) is 66.5 Å². The Morgan fingerprint density at radius 2 is 1.82 bits per heavy atom. The minimum atomic E-state index is -3.71. The molecule has 28 heavy (non-hydrogen) atoms. The summed E-state index contributed by atoms with van der Waals surface area (Å²) >= 11 is 1.70. The summed E-state index contributed by atoms with van der Waals surface area (Å²) in [6, 6.07) is 12.2. The van der Waals surface area contributed by atoms with Gasteiger partial charge >= 0.3 is 0 Å². The summed E-state index contributed by atoms with van der Waals surface area (Å²) in [6.45, 7) is 4.01. The van der Waals surface area contributed by atoms with Crippen LogP contribution in [0.4, 0.5) is 10.1 Å². The molecule has 0 fully saturated rings. The van der Waals surface area contributed by atoms with Crippen LogP contribution in [0.1, 0.15) is 18.1 Å². The Hall–Kier alpha value is -2.06. The maximum Gasteiger partial charge on any atom is 0.243 e. The van der Waals surface area contributed by atoms with E-state index in [4.69, 9.17) is 0 Å². The largest absolute Gasteiger partial charge is 0.353 e. The molecular weight excluding hydrogens is 399 g/mol. The Morgan fingerprint density at radius 3 is 2.43 bits per heavy atom. The molecule has 2 aromatic carbocycles. The molecule has 0 radical (unpaired) electrons. The fraction of sp³-hybridized carbons (Fsp3) is 0.350. The van der Waals surface area contributed by atoms with E-state index in [2.05, 4.69) is 24.4 Å². The van der Waals surface area contributed by atoms with E-state index in [1.807, 2.05) is 12.1 Å². The lowest BCUT2D eigenvalue weighted by atomic mass is 10.1. The summed E-state index contributed by atoms with van der Waals surface area (Å²) in [6.07, 6.45) is 1.03. The molecular formula is C20H25FN2O3S2. The molecule has 0 aliphatic carbocycles. The Labute approximate surface area is 170 Å². The lowest BCUT2D eigenvalue weighted by Crippen LogP contribution is -2.48. The van der Waals surface area contributed by atoms with E-state index in [0.29, 0.717) is 12.3 Å². The Bertz CT molecular complexity index is 902. The molecule has 0 aliphatic rings. The van der Waals surface area contributed by atoms with Crippen LogP contribution in [0.2, 0.25) is 0 Å². The van der Waals surface area contributed by atoms with Crippen molar-refractivity contribution in [3.8, 4) is 0 Å². The molecule has 8 heteroatoms. The predicted octanol–water partition coefficient (Wildman–Crippen LogP) is 3.34. The molecule has 0 aliphatic heterocycles. The molecule has 0 saturated carbocycles. The number of carbonyl (C=O) groups excluding carboxylic acids is 1. The lowest BCUT2D eigenvalue weighted by Gasteiger charge is -2.28. The number of benzene rings is 2. The van der Waals surface area contributed by atoms with Gasteiger partial charge in [0.25, 0.3) is 0 Å². The van der Waals surface area contributed by atoms with Gasteiger partial charge in [-0.2, -0.15) is 11.8 Å². The van der Waals surface area contributed by atoms with Crippen LogP contribution in [-0.2, 0) is 20.6 Å². The number of rotatable bonds is 9. The van der Waals surface area contributed by atoms with Gasteiger partial charge in [-0.25, -0.2) is 12.8 Å². The quantitative estimate of drug-likeness (QED) is 0.627. The summed E-state index contributed by atoms with van der Waals surface area (Å²) < 4.78 is 38.5. The van der Waals surface area contributed by atoms with Gasteiger partial charge in [0, 0.05) is 18.1 Å². The van der Waals surface area contributed by atoms with Crippen molar-refractivity contribution < 1.29 is 17.6 Å². The third kappa shape index (κ3) is 6.24. The van der Waals surface area contributed by atoms with E-state index in [1.165, 1.54) is 42.3 Å². The van der Waals surface area contributed by atoms with E-state index in [1.54, 1.807) is 11.8 Å². The number of aryl methyl sites for hydroxylation is 1. The third-order valence-electron chi connectivity index (χ3n) is 4.23. The smallest absolute Gasteiger partial charge is 0.243 e. The van der Waals surface area contributed by atoms with Gasteiger partial charge in [0.2, 0.25) is 15.9 Å². The van der Waals surface area contributed by atoms with Gasteiger partial charge in [0.1, 0.15) is 11.9 Å². The summed E-state index contributed by atoms with van der Waals surface area (Å²) in [5, 5.41) is 2.78. The second-order valence-electron chi connectivity index (χ2n) is 6.48. The maximum absolute atomic E-state index is 13.1. The average Bonchev–Trinajstić information content (AvgIpc) is 2.63. The summed E-state index contributed by atoms with van der Waals surface area (Å²) in [5.41, 5.74) is 2.74. The number of hydrogen-bond donors (Lipinski definition) is 1. The molecule has 0 unspecified atom stereocenters. The number of hydrogen-bond acceptors (Lipinski definition) is 4. The van der Waals surface area contributed by atoms with Crippen LogP contribution in [0, 0.1) is 12.7 Å². The van der Waals surface area contributed by atoms with Gasteiger partial charge in [-0.05, 0) is 49.2 Å². The van der Waals surface area contributed by atoms with E-state index in [-0.39, 0.29) is 5.69 Å². The molecule has 1 amide bonds. The van der Waals surface area contributed by atoms with E-state index in [9.17, 15) is 17.6 Å². The third-order valence-corrected chi connectivity index (χ3v) is 6.48. The van der Waals surface area contributed by atoms with Crippen molar-refractivity contribution in [2.45, 2.75) is 25.6 Å². The average molecular weight is 425 g/mol. The first kappa shape index (κ1) is 22.2. The summed E-state index contributed by atoms with van der Waals surface area (Å²) in [4.78, 5) is 12.5. The zero-order valence-corrected chi connectivity index (χ0v) is 17.8. The van der Waals surface area contributed by atoms with Crippen LogP contribution in [0.3, 0.4) is 0 Å². The molecule has 1 atom stereocenters. The van der Waals surface area contributed by atoms with Gasteiger partial charge in [-0.1, -0.05) is 24.3 Å². The van der Waals surface area contributed by atoms with Gasteiger partial charge in [0.15, 0.2) is 0 Å². The zero-order chi connectivity index (χ0) is 20.7. The van der Waals surface area contributed by atoms with Crippen molar-refractivity contribution in [2.24, 2.45) is 0 Å². The standard InChI is InChI=1S/C20H25FN2O3S2/c1-15-6-4-5-7-17(15)14-27-13-12-22-20(24)16(2)23(28(3,25)26)19-10-8-18(21)9-11-19/h4-11,16H,12-14H2,1-3H3,(H,22,24)/t16-/m0/s1. The highest BCUT2D eigenvalue weighted by Crippen LogP contribution is 2.21. The number of carbonyl (C=O) groups is 1. The molecule has 152 valence electrons. The fourth-order valence-corrected chi connectivity index (χ4v) is 4.85. The number of nitrogens with zero attached hydrogens (tertiary/aromatic N) is 1. The molecule has 0 spiro atoms. The highest BCUT2D eigenvalue weighted by Gasteiger charge is 2.28. The van der Waals surface area contributed by atoms with Crippen molar-refractivity contribution >= 4 is 33.4 Å². The lowest BCUT2D eigenvalue weighted by molar-refractivity contribution is -0.121. The number of thioether (sulfide) groups is 1. The Kier molecular flexibility index (Phi) is 7.88. The van der Waals surface area contributed by atoms with E-state index < -0.39 is 27.8 Å². The van der Waals surface area contributed by atoms with E-state index >= 15 is 0 Å². The highest BCUT2D eigenvalue weighted by atomic mass is 32.2. The Balaban J connectivity index is 1.90. The van der Waals surface area contributed by atoms with Gasteiger partial charge in [-0.15, -0.1) is 0 Å². The molecule has 1 N–H and O–H groups in total. The SMILES string of the molecule is Cc1ccccc1CSCCNC(=O)[C@H](C)N(c1ccc(F)cc1)S(C)(=O)=O.